The third-order valence-electron chi connectivity index (χ3n) is 4.03. The Kier molecular flexibility index (Phi) is 5.41. The molecule has 106 valence electrons. The molecule has 0 saturated heterocycles. The molecule has 2 atom stereocenters. The second-order valence-electron chi connectivity index (χ2n) is 5.72. The van der Waals surface area contributed by atoms with Crippen molar-refractivity contribution in [2.75, 3.05) is 6.54 Å². The molecule has 1 aromatic carbocycles. The van der Waals surface area contributed by atoms with Gasteiger partial charge >= 0.3 is 0 Å². The molecule has 1 aliphatic rings. The largest absolute Gasteiger partial charge is 0.372 e. The summed E-state index contributed by atoms with van der Waals surface area (Å²) in [6.07, 6.45) is 3.71. The molecule has 0 saturated carbocycles. The summed E-state index contributed by atoms with van der Waals surface area (Å²) in [5.41, 5.74) is 4.17. The molecule has 0 aliphatic carbocycles. The average molecular weight is 261 g/mol. The van der Waals surface area contributed by atoms with Crippen LogP contribution in [-0.2, 0) is 18.0 Å². The smallest absolute Gasteiger partial charge is 0.0725 e. The van der Waals surface area contributed by atoms with E-state index in [1.807, 2.05) is 0 Å². The van der Waals surface area contributed by atoms with Crippen LogP contribution in [0.15, 0.2) is 18.2 Å². The Bertz CT molecular complexity index is 402. The molecule has 2 rings (SSSR count). The van der Waals surface area contributed by atoms with Crippen LogP contribution >= 0.6 is 0 Å². The molecular weight excluding hydrogens is 234 g/mol. The van der Waals surface area contributed by atoms with Crippen molar-refractivity contribution in [2.24, 2.45) is 5.92 Å². The highest BCUT2D eigenvalue weighted by atomic mass is 16.5. The van der Waals surface area contributed by atoms with Gasteiger partial charge in [-0.2, -0.15) is 0 Å². The van der Waals surface area contributed by atoms with Crippen LogP contribution in [0.25, 0.3) is 0 Å². The van der Waals surface area contributed by atoms with Gasteiger partial charge < -0.3 is 10.1 Å². The van der Waals surface area contributed by atoms with Crippen molar-refractivity contribution in [3.05, 3.63) is 34.9 Å². The zero-order valence-electron chi connectivity index (χ0n) is 12.5. The number of ether oxygens (including phenoxy) is 1. The van der Waals surface area contributed by atoms with E-state index in [0.29, 0.717) is 12.0 Å². The van der Waals surface area contributed by atoms with Crippen LogP contribution in [-0.4, -0.2) is 6.54 Å². The summed E-state index contributed by atoms with van der Waals surface area (Å²) in [4.78, 5) is 0. The zero-order chi connectivity index (χ0) is 13.7. The van der Waals surface area contributed by atoms with E-state index in [2.05, 4.69) is 44.3 Å². The van der Waals surface area contributed by atoms with Crippen LogP contribution in [0.4, 0.5) is 0 Å². The predicted molar refractivity (Wildman–Crippen MR) is 80.0 cm³/mol. The molecule has 0 fully saturated rings. The standard InChI is InChI=1S/C17H27NO/c1-4-6-13(3)17(18-9-5-2)14-7-8-15-11-19-12-16(15)10-14/h7-8,10,13,17-18H,4-6,9,11-12H2,1-3H3. The van der Waals surface area contributed by atoms with Gasteiger partial charge in [-0.25, -0.2) is 0 Å². The van der Waals surface area contributed by atoms with Gasteiger partial charge in [-0.1, -0.05) is 45.4 Å². The van der Waals surface area contributed by atoms with E-state index in [0.717, 1.165) is 19.8 Å². The fourth-order valence-corrected chi connectivity index (χ4v) is 2.95. The highest BCUT2D eigenvalue weighted by Gasteiger charge is 2.20. The van der Waals surface area contributed by atoms with Crippen molar-refractivity contribution < 1.29 is 4.74 Å². The summed E-state index contributed by atoms with van der Waals surface area (Å²) in [6.45, 7) is 9.51. The third kappa shape index (κ3) is 3.58. The number of benzene rings is 1. The summed E-state index contributed by atoms with van der Waals surface area (Å²) in [5, 5.41) is 3.72. The van der Waals surface area contributed by atoms with E-state index in [9.17, 15) is 0 Å². The number of fused-ring (bicyclic) bond motifs is 1. The van der Waals surface area contributed by atoms with Gasteiger partial charge in [0.25, 0.3) is 0 Å². The van der Waals surface area contributed by atoms with Crippen LogP contribution in [0.2, 0.25) is 0 Å². The van der Waals surface area contributed by atoms with Crippen molar-refractivity contribution in [1.29, 1.82) is 0 Å². The maximum atomic E-state index is 5.52. The minimum Gasteiger partial charge on any atom is -0.372 e. The first-order valence-corrected chi connectivity index (χ1v) is 7.69. The van der Waals surface area contributed by atoms with Crippen LogP contribution < -0.4 is 5.32 Å². The molecule has 2 heteroatoms. The van der Waals surface area contributed by atoms with Crippen LogP contribution in [0.5, 0.6) is 0 Å². The van der Waals surface area contributed by atoms with Crippen molar-refractivity contribution in [3.63, 3.8) is 0 Å². The van der Waals surface area contributed by atoms with Gasteiger partial charge in [-0.3, -0.25) is 0 Å². The summed E-state index contributed by atoms with van der Waals surface area (Å²) in [6, 6.07) is 7.36. The lowest BCUT2D eigenvalue weighted by Gasteiger charge is -2.26. The minimum absolute atomic E-state index is 0.478. The molecular formula is C17H27NO. The SMILES string of the molecule is CCCNC(c1ccc2c(c1)COC2)C(C)CCC. The fraction of sp³-hybridized carbons (Fsp3) is 0.647. The first kappa shape index (κ1) is 14.5. The highest BCUT2D eigenvalue weighted by Crippen LogP contribution is 2.29. The third-order valence-corrected chi connectivity index (χ3v) is 4.03. The molecule has 0 spiro atoms. The number of nitrogens with one attached hydrogen (secondary N) is 1. The molecule has 1 aliphatic heterocycles. The first-order chi connectivity index (χ1) is 9.26. The molecule has 0 amide bonds. The van der Waals surface area contributed by atoms with Crippen LogP contribution in [0.3, 0.4) is 0 Å². The maximum absolute atomic E-state index is 5.52. The minimum atomic E-state index is 0.478. The van der Waals surface area contributed by atoms with Crippen LogP contribution in [0.1, 0.15) is 62.8 Å². The van der Waals surface area contributed by atoms with E-state index in [-0.39, 0.29) is 0 Å². The zero-order valence-corrected chi connectivity index (χ0v) is 12.5. The van der Waals surface area contributed by atoms with Gasteiger partial charge in [0, 0.05) is 6.04 Å². The molecule has 0 bridgehead atoms. The van der Waals surface area contributed by atoms with Gasteiger partial charge in [0.05, 0.1) is 13.2 Å². The van der Waals surface area contributed by atoms with Gasteiger partial charge in [0.2, 0.25) is 0 Å². The van der Waals surface area contributed by atoms with Gasteiger partial charge in [0.15, 0.2) is 0 Å². The predicted octanol–water partition coefficient (Wildman–Crippen LogP) is 4.19. The van der Waals surface area contributed by atoms with E-state index in [1.54, 1.807) is 0 Å². The molecule has 2 nitrogen and oxygen atoms in total. The fourth-order valence-electron chi connectivity index (χ4n) is 2.95. The van der Waals surface area contributed by atoms with E-state index in [4.69, 9.17) is 4.74 Å². The summed E-state index contributed by atoms with van der Waals surface area (Å²) in [5.74, 6) is 0.678. The number of rotatable bonds is 7. The van der Waals surface area contributed by atoms with Gasteiger partial charge in [0.1, 0.15) is 0 Å². The molecule has 1 heterocycles. The van der Waals surface area contributed by atoms with E-state index < -0.39 is 0 Å². The summed E-state index contributed by atoms with van der Waals surface area (Å²) >= 11 is 0. The molecule has 0 aromatic heterocycles. The lowest BCUT2D eigenvalue weighted by atomic mass is 9.89. The maximum Gasteiger partial charge on any atom is 0.0725 e. The Morgan fingerprint density at radius 1 is 1.16 bits per heavy atom. The van der Waals surface area contributed by atoms with Crippen LogP contribution in [0, 0.1) is 5.92 Å². The molecule has 1 N–H and O–H groups in total. The monoisotopic (exact) mass is 261 g/mol. The van der Waals surface area contributed by atoms with Crippen molar-refractivity contribution >= 4 is 0 Å². The summed E-state index contributed by atoms with van der Waals surface area (Å²) < 4.78 is 5.52. The Labute approximate surface area is 117 Å². The van der Waals surface area contributed by atoms with Crippen molar-refractivity contribution in [1.82, 2.24) is 5.32 Å². The van der Waals surface area contributed by atoms with Crippen molar-refractivity contribution in [2.45, 2.75) is 59.3 Å². The lowest BCUT2D eigenvalue weighted by molar-refractivity contribution is 0.134. The second-order valence-corrected chi connectivity index (χ2v) is 5.72. The Balaban J connectivity index is 2.16. The van der Waals surface area contributed by atoms with E-state index >= 15 is 0 Å². The van der Waals surface area contributed by atoms with Gasteiger partial charge in [-0.15, -0.1) is 0 Å². The lowest BCUT2D eigenvalue weighted by Crippen LogP contribution is -2.27. The van der Waals surface area contributed by atoms with Gasteiger partial charge in [-0.05, 0) is 42.0 Å². The Morgan fingerprint density at radius 2 is 1.95 bits per heavy atom. The Morgan fingerprint density at radius 3 is 2.68 bits per heavy atom. The molecule has 2 unspecified atom stereocenters. The molecule has 19 heavy (non-hydrogen) atoms. The number of hydrogen-bond acceptors (Lipinski definition) is 2. The molecule has 0 radical (unpaired) electrons. The van der Waals surface area contributed by atoms with Crippen molar-refractivity contribution in [3.8, 4) is 0 Å². The molecule has 1 aromatic rings. The normalized spacial score (nSPS) is 17.2. The average Bonchev–Trinajstić information content (AvgIpc) is 2.87. The van der Waals surface area contributed by atoms with E-state index in [1.165, 1.54) is 36.0 Å². The highest BCUT2D eigenvalue weighted by molar-refractivity contribution is 5.34. The Hall–Kier alpha value is -0.860. The summed E-state index contributed by atoms with van der Waals surface area (Å²) in [7, 11) is 0. The number of hydrogen-bond donors (Lipinski definition) is 1. The second kappa shape index (κ2) is 7.06. The quantitative estimate of drug-likeness (QED) is 0.794. The first-order valence-electron chi connectivity index (χ1n) is 7.69. The topological polar surface area (TPSA) is 21.3 Å².